The number of aliphatic hydroxyl groups is 1. The van der Waals surface area contributed by atoms with E-state index in [1.54, 1.807) is 0 Å². The van der Waals surface area contributed by atoms with Crippen molar-refractivity contribution in [2.45, 2.75) is 432 Å². The average Bonchev–Trinajstić information content (AvgIpc) is 2.59. The van der Waals surface area contributed by atoms with Crippen LogP contribution in [-0.2, 0) is 65.4 Å². The Morgan fingerprint density at radius 1 is 0.278 bits per heavy atom. The molecule has 0 saturated carbocycles. The van der Waals surface area contributed by atoms with Gasteiger partial charge < -0.3 is 33.8 Å². The van der Waals surface area contributed by atoms with E-state index in [0.717, 1.165) is 95.8 Å². The number of hydrogen-bond acceptors (Lipinski definition) is 15. The fourth-order valence-corrected chi connectivity index (χ4v) is 13.6. The van der Waals surface area contributed by atoms with Crippen molar-refractivity contribution in [2.24, 2.45) is 5.92 Å². The summed E-state index contributed by atoms with van der Waals surface area (Å²) in [5.74, 6) is -1.37. The van der Waals surface area contributed by atoms with Crippen molar-refractivity contribution in [1.82, 2.24) is 0 Å². The molecular weight excluding hydrogens is 1270 g/mol. The monoisotopic (exact) mass is 1420 g/mol. The van der Waals surface area contributed by atoms with Crippen LogP contribution in [0.1, 0.15) is 413 Å². The molecule has 0 fully saturated rings. The molecule has 2 unspecified atom stereocenters. The van der Waals surface area contributed by atoms with Crippen molar-refractivity contribution in [3.05, 3.63) is 0 Å². The van der Waals surface area contributed by atoms with Gasteiger partial charge in [-0.2, -0.15) is 0 Å². The first kappa shape index (κ1) is 95.1. The summed E-state index contributed by atoms with van der Waals surface area (Å²) in [5, 5.41) is 10.6. The van der Waals surface area contributed by atoms with Crippen LogP contribution in [0.3, 0.4) is 0 Å². The summed E-state index contributed by atoms with van der Waals surface area (Å²) in [6.45, 7) is 7.28. The van der Waals surface area contributed by atoms with E-state index in [-0.39, 0.29) is 25.7 Å². The Hall–Kier alpha value is -1.94. The van der Waals surface area contributed by atoms with Crippen molar-refractivity contribution >= 4 is 39.5 Å². The van der Waals surface area contributed by atoms with Gasteiger partial charge in [0.2, 0.25) is 0 Å². The molecular formula is C78H152O17P2. The smallest absolute Gasteiger partial charge is 0.462 e. The SMILES string of the molecule is CCCCCCCCCCCCCCCCCCCCCC(=O)O[C@H](COC(=O)CCCCCCCCCCCCCCCCCC)COP(=O)(O)OC[C@@H](O)COP(=O)(O)OC[C@@H](COC(=O)CCCCCCCCCCCC)OC(=O)CCCCCCCCCCCC(C)C. The molecule has 5 atom stereocenters. The van der Waals surface area contributed by atoms with E-state index in [0.29, 0.717) is 25.7 Å². The van der Waals surface area contributed by atoms with Gasteiger partial charge in [-0.3, -0.25) is 37.3 Å². The highest BCUT2D eigenvalue weighted by atomic mass is 31.2. The Morgan fingerprint density at radius 2 is 0.474 bits per heavy atom. The molecule has 0 aromatic heterocycles. The van der Waals surface area contributed by atoms with Crippen molar-refractivity contribution in [1.29, 1.82) is 0 Å². The number of rotatable bonds is 78. The summed E-state index contributed by atoms with van der Waals surface area (Å²) in [6, 6.07) is 0. The van der Waals surface area contributed by atoms with E-state index in [9.17, 15) is 43.2 Å². The van der Waals surface area contributed by atoms with Crippen molar-refractivity contribution in [3.8, 4) is 0 Å². The minimum absolute atomic E-state index is 0.106. The minimum Gasteiger partial charge on any atom is -0.462 e. The van der Waals surface area contributed by atoms with Crippen molar-refractivity contribution in [2.75, 3.05) is 39.6 Å². The third kappa shape index (κ3) is 72.2. The standard InChI is InChI=1S/C78H152O17P2/c1-6-9-12-15-18-21-24-26-28-30-31-32-34-36-38-43-48-53-58-63-77(82)94-73(68-89-76(81)62-57-52-47-42-37-35-33-29-27-25-22-19-16-13-10-7-2)69-92-96(84,85)90-65-72(79)66-91-97(86,87)93-70-74(67-88-75(80)61-56-51-46-41-23-20-17-14-11-8-3)95-78(83)64-59-54-49-44-39-40-45-50-55-60-71(4)5/h71-74,79H,6-70H2,1-5H3,(H,84,85)(H,86,87)/t72-,73-,74-/m1/s1. The number of carbonyl (C=O) groups is 4. The van der Waals surface area contributed by atoms with E-state index in [4.69, 9.17) is 37.0 Å². The molecule has 0 saturated heterocycles. The van der Waals surface area contributed by atoms with Crippen LogP contribution in [-0.4, -0.2) is 96.7 Å². The zero-order valence-corrected chi connectivity index (χ0v) is 65.0. The first-order valence-electron chi connectivity index (χ1n) is 40.6. The number of hydrogen-bond donors (Lipinski definition) is 3. The van der Waals surface area contributed by atoms with E-state index >= 15 is 0 Å². The van der Waals surface area contributed by atoms with Gasteiger partial charge in [0.15, 0.2) is 12.2 Å². The molecule has 0 aliphatic heterocycles. The molecule has 0 amide bonds. The maximum atomic E-state index is 13.1. The number of carbonyl (C=O) groups excluding carboxylic acids is 4. The Morgan fingerprint density at radius 3 is 0.701 bits per heavy atom. The molecule has 3 N–H and O–H groups in total. The molecule has 0 radical (unpaired) electrons. The Balaban J connectivity index is 5.22. The number of aliphatic hydroxyl groups excluding tert-OH is 1. The summed E-state index contributed by atoms with van der Waals surface area (Å²) in [6.07, 6.45) is 61.0. The molecule has 19 heteroatoms. The van der Waals surface area contributed by atoms with Crippen molar-refractivity contribution in [3.63, 3.8) is 0 Å². The van der Waals surface area contributed by atoms with Gasteiger partial charge in [0.25, 0.3) is 0 Å². The van der Waals surface area contributed by atoms with Crippen LogP contribution >= 0.6 is 15.6 Å². The number of ether oxygens (including phenoxy) is 4. The Bertz CT molecular complexity index is 1860. The topological polar surface area (TPSA) is 237 Å². The third-order valence-corrected chi connectivity index (χ3v) is 20.2. The van der Waals surface area contributed by atoms with Crippen LogP contribution in [0.2, 0.25) is 0 Å². The normalized spacial score (nSPS) is 13.9. The van der Waals surface area contributed by atoms with Gasteiger partial charge in [0.1, 0.15) is 19.3 Å². The Kier molecular flexibility index (Phi) is 69.6. The van der Waals surface area contributed by atoms with Gasteiger partial charge >= 0.3 is 39.5 Å². The highest BCUT2D eigenvalue weighted by Crippen LogP contribution is 2.45. The van der Waals surface area contributed by atoms with Crippen molar-refractivity contribution < 1.29 is 80.2 Å². The molecule has 0 heterocycles. The largest absolute Gasteiger partial charge is 0.472 e. The predicted octanol–water partition coefficient (Wildman–Crippen LogP) is 23.3. The molecule has 0 rings (SSSR count). The second-order valence-electron chi connectivity index (χ2n) is 28.6. The van der Waals surface area contributed by atoms with E-state index in [1.165, 1.54) is 238 Å². The second kappa shape index (κ2) is 71.1. The van der Waals surface area contributed by atoms with Gasteiger partial charge in [-0.15, -0.1) is 0 Å². The lowest BCUT2D eigenvalue weighted by Gasteiger charge is -2.21. The average molecular weight is 1420 g/mol. The summed E-state index contributed by atoms with van der Waals surface area (Å²) < 4.78 is 68.6. The summed E-state index contributed by atoms with van der Waals surface area (Å²) in [7, 11) is -9.91. The fourth-order valence-electron chi connectivity index (χ4n) is 12.1. The molecule has 0 bridgehead atoms. The Labute approximate surface area is 594 Å². The third-order valence-electron chi connectivity index (χ3n) is 18.3. The zero-order chi connectivity index (χ0) is 71.2. The van der Waals surface area contributed by atoms with Crippen LogP contribution in [0.15, 0.2) is 0 Å². The molecule has 97 heavy (non-hydrogen) atoms. The van der Waals surface area contributed by atoms with Gasteiger partial charge in [-0.05, 0) is 31.6 Å². The maximum absolute atomic E-state index is 13.1. The number of phosphoric ester groups is 2. The molecule has 0 aromatic rings. The lowest BCUT2D eigenvalue weighted by atomic mass is 10.0. The molecule has 0 aliphatic rings. The van der Waals surface area contributed by atoms with E-state index in [1.807, 2.05) is 0 Å². The highest BCUT2D eigenvalue weighted by molar-refractivity contribution is 7.47. The molecule has 0 aromatic carbocycles. The quantitative estimate of drug-likeness (QED) is 0.0222. The van der Waals surface area contributed by atoms with E-state index in [2.05, 4.69) is 34.6 Å². The molecule has 0 spiro atoms. The maximum Gasteiger partial charge on any atom is 0.472 e. The fraction of sp³-hybridized carbons (Fsp3) is 0.949. The molecule has 576 valence electrons. The lowest BCUT2D eigenvalue weighted by Crippen LogP contribution is -2.30. The summed E-state index contributed by atoms with van der Waals surface area (Å²) in [5.41, 5.74) is 0. The first-order chi connectivity index (χ1) is 47.0. The van der Waals surface area contributed by atoms with Gasteiger partial charge in [0, 0.05) is 25.7 Å². The number of unbranched alkanes of at least 4 members (excludes halogenated alkanes) is 50. The second-order valence-corrected chi connectivity index (χ2v) is 31.5. The zero-order valence-electron chi connectivity index (χ0n) is 63.2. The lowest BCUT2D eigenvalue weighted by molar-refractivity contribution is -0.161. The van der Waals surface area contributed by atoms with Gasteiger partial charge in [-0.25, -0.2) is 9.13 Å². The highest BCUT2D eigenvalue weighted by Gasteiger charge is 2.30. The van der Waals surface area contributed by atoms with Crippen LogP contribution in [0.5, 0.6) is 0 Å². The summed E-state index contributed by atoms with van der Waals surface area (Å²) in [4.78, 5) is 72.9. The van der Waals surface area contributed by atoms with E-state index < -0.39 is 97.5 Å². The van der Waals surface area contributed by atoms with Crippen LogP contribution in [0.25, 0.3) is 0 Å². The first-order valence-corrected chi connectivity index (χ1v) is 43.6. The van der Waals surface area contributed by atoms with Gasteiger partial charge in [0.05, 0.1) is 26.4 Å². The predicted molar refractivity (Wildman–Crippen MR) is 395 cm³/mol. The van der Waals surface area contributed by atoms with Crippen LogP contribution < -0.4 is 0 Å². The molecule has 0 aliphatic carbocycles. The number of phosphoric acid groups is 2. The van der Waals surface area contributed by atoms with Crippen LogP contribution in [0, 0.1) is 5.92 Å². The minimum atomic E-state index is -4.96. The van der Waals surface area contributed by atoms with Crippen LogP contribution in [0.4, 0.5) is 0 Å². The number of esters is 4. The van der Waals surface area contributed by atoms with Gasteiger partial charge in [-0.1, -0.05) is 362 Å². The molecule has 17 nitrogen and oxygen atoms in total. The summed E-state index contributed by atoms with van der Waals surface area (Å²) >= 11 is 0.